The van der Waals surface area contributed by atoms with Gasteiger partial charge in [-0.15, -0.1) is 0 Å². The molecule has 0 radical (unpaired) electrons. The van der Waals surface area contributed by atoms with Crippen LogP contribution in [0.15, 0.2) is 23.1 Å². The van der Waals surface area contributed by atoms with Crippen molar-refractivity contribution in [2.45, 2.75) is 37.2 Å². The van der Waals surface area contributed by atoms with Gasteiger partial charge in [0.05, 0.1) is 15.9 Å². The van der Waals surface area contributed by atoms with Gasteiger partial charge in [-0.05, 0) is 12.5 Å². The maximum atomic E-state index is 11.4. The number of benzene rings is 1. The number of rotatable bonds is 6. The topological polar surface area (TPSA) is 97.5 Å². The van der Waals surface area contributed by atoms with E-state index in [1.54, 1.807) is 0 Å². The molecule has 1 aromatic rings. The van der Waals surface area contributed by atoms with Gasteiger partial charge in [-0.2, -0.15) is 0 Å². The number of hydrogen-bond donors (Lipinski definition) is 1. The quantitative estimate of drug-likeness (QED) is 0.634. The molecule has 1 rings (SSSR count). The molecule has 106 valence electrons. The summed E-state index contributed by atoms with van der Waals surface area (Å²) in [5.74, 6) is 0. The van der Waals surface area contributed by atoms with Gasteiger partial charge >= 0.3 is 0 Å². The summed E-state index contributed by atoms with van der Waals surface area (Å²) in [6, 6.07) is 3.77. The van der Waals surface area contributed by atoms with Crippen molar-refractivity contribution in [1.82, 2.24) is 0 Å². The Morgan fingerprint density at radius 1 is 1.42 bits per heavy atom. The first-order chi connectivity index (χ1) is 8.75. The third-order valence-corrected chi connectivity index (χ3v) is 3.87. The molecule has 0 amide bonds. The highest BCUT2D eigenvalue weighted by Gasteiger charge is 2.20. The molecule has 1 aromatic carbocycles. The molecule has 0 heterocycles. The maximum absolute atomic E-state index is 11.4. The lowest BCUT2D eigenvalue weighted by Gasteiger charge is -2.10. The molecule has 1 N–H and O–H groups in total. The Hall–Kier alpha value is -1.47. The van der Waals surface area contributed by atoms with Crippen LogP contribution >= 0.6 is 0 Å². The lowest BCUT2D eigenvalue weighted by molar-refractivity contribution is -0.385. The predicted octanol–water partition coefficient (Wildman–Crippen LogP) is 1.70. The number of nitrogens with zero attached hydrogens (tertiary/aromatic N) is 1. The third kappa shape index (κ3) is 4.29. The van der Waals surface area contributed by atoms with E-state index < -0.39 is 20.9 Å². The minimum Gasteiger partial charge on any atom is -0.393 e. The number of hydrogen-bond acceptors (Lipinski definition) is 5. The van der Waals surface area contributed by atoms with Crippen LogP contribution in [0, 0.1) is 10.1 Å². The maximum Gasteiger partial charge on any atom is 0.273 e. The molecule has 7 heteroatoms. The number of aliphatic hydroxyl groups excluding tert-OH is 1. The first-order valence-corrected chi connectivity index (χ1v) is 7.80. The minimum absolute atomic E-state index is 0.0899. The average molecular weight is 287 g/mol. The summed E-state index contributed by atoms with van der Waals surface area (Å²) in [7, 11) is -3.48. The molecule has 0 fully saturated rings. The van der Waals surface area contributed by atoms with E-state index in [-0.39, 0.29) is 17.0 Å². The third-order valence-electron chi connectivity index (χ3n) is 2.76. The van der Waals surface area contributed by atoms with E-state index in [1.807, 2.05) is 6.92 Å². The zero-order valence-corrected chi connectivity index (χ0v) is 11.7. The molecule has 19 heavy (non-hydrogen) atoms. The van der Waals surface area contributed by atoms with E-state index in [0.29, 0.717) is 12.0 Å². The van der Waals surface area contributed by atoms with Crippen LogP contribution < -0.4 is 0 Å². The summed E-state index contributed by atoms with van der Waals surface area (Å²) in [6.07, 6.45) is 1.81. The fourth-order valence-corrected chi connectivity index (χ4v) is 2.45. The van der Waals surface area contributed by atoms with Gasteiger partial charge in [-0.25, -0.2) is 8.42 Å². The van der Waals surface area contributed by atoms with Crippen molar-refractivity contribution in [3.8, 4) is 0 Å². The van der Waals surface area contributed by atoms with Crippen molar-refractivity contribution in [2.75, 3.05) is 6.26 Å². The minimum atomic E-state index is -3.48. The van der Waals surface area contributed by atoms with Gasteiger partial charge in [0.2, 0.25) is 0 Å². The Morgan fingerprint density at radius 2 is 2.05 bits per heavy atom. The smallest absolute Gasteiger partial charge is 0.273 e. The Balaban J connectivity index is 3.16. The summed E-state index contributed by atoms with van der Waals surface area (Å²) in [4.78, 5) is 10.3. The largest absolute Gasteiger partial charge is 0.393 e. The first-order valence-electron chi connectivity index (χ1n) is 5.91. The van der Waals surface area contributed by atoms with Crippen molar-refractivity contribution in [3.05, 3.63) is 33.9 Å². The van der Waals surface area contributed by atoms with Crippen LogP contribution in [0.2, 0.25) is 0 Å². The Labute approximate surface area is 112 Å². The summed E-state index contributed by atoms with van der Waals surface area (Å²) >= 11 is 0. The standard InChI is InChI=1S/C12H17NO5S/c1-3-4-10(14)7-9-5-6-11(19(2,17)18)8-12(9)13(15)16/h5-6,8,10,14H,3-4,7H2,1-2H3. The fraction of sp³-hybridized carbons (Fsp3) is 0.500. The first kappa shape index (κ1) is 15.6. The highest BCUT2D eigenvalue weighted by Crippen LogP contribution is 2.24. The van der Waals surface area contributed by atoms with Gasteiger partial charge in [0.15, 0.2) is 9.84 Å². The number of nitro groups is 1. The van der Waals surface area contributed by atoms with Crippen LogP contribution in [0.5, 0.6) is 0 Å². The van der Waals surface area contributed by atoms with Crippen molar-refractivity contribution < 1.29 is 18.4 Å². The van der Waals surface area contributed by atoms with Gasteiger partial charge in [0, 0.05) is 24.3 Å². The van der Waals surface area contributed by atoms with Crippen molar-refractivity contribution in [1.29, 1.82) is 0 Å². The van der Waals surface area contributed by atoms with Crippen LogP contribution in [0.4, 0.5) is 5.69 Å². The van der Waals surface area contributed by atoms with Gasteiger partial charge < -0.3 is 5.11 Å². The van der Waals surface area contributed by atoms with E-state index in [2.05, 4.69) is 0 Å². The number of aliphatic hydroxyl groups is 1. The van der Waals surface area contributed by atoms with E-state index in [9.17, 15) is 23.6 Å². The van der Waals surface area contributed by atoms with Crippen LogP contribution in [0.3, 0.4) is 0 Å². The number of sulfone groups is 1. The lowest BCUT2D eigenvalue weighted by Crippen LogP contribution is -2.11. The van der Waals surface area contributed by atoms with Crippen LogP contribution in [-0.4, -0.2) is 30.8 Å². The van der Waals surface area contributed by atoms with E-state index in [0.717, 1.165) is 18.7 Å². The van der Waals surface area contributed by atoms with E-state index in [1.165, 1.54) is 12.1 Å². The second-order valence-electron chi connectivity index (χ2n) is 4.47. The van der Waals surface area contributed by atoms with Gasteiger partial charge in [-0.3, -0.25) is 10.1 Å². The van der Waals surface area contributed by atoms with Crippen LogP contribution in [0.25, 0.3) is 0 Å². The highest BCUT2D eigenvalue weighted by atomic mass is 32.2. The summed E-state index contributed by atoms with van der Waals surface area (Å²) in [6.45, 7) is 1.91. The zero-order chi connectivity index (χ0) is 14.6. The zero-order valence-electron chi connectivity index (χ0n) is 10.9. The van der Waals surface area contributed by atoms with E-state index >= 15 is 0 Å². The highest BCUT2D eigenvalue weighted by molar-refractivity contribution is 7.90. The number of nitro benzene ring substituents is 1. The molecule has 6 nitrogen and oxygen atoms in total. The van der Waals surface area contributed by atoms with E-state index in [4.69, 9.17) is 0 Å². The second kappa shape index (κ2) is 6.12. The molecule has 1 atom stereocenters. The fourth-order valence-electron chi connectivity index (χ4n) is 1.81. The molecule has 0 bridgehead atoms. The average Bonchev–Trinajstić information content (AvgIpc) is 2.27. The van der Waals surface area contributed by atoms with Gasteiger partial charge in [-0.1, -0.05) is 19.4 Å². The molecule has 0 spiro atoms. The summed E-state index contributed by atoms with van der Waals surface area (Å²) < 4.78 is 22.7. The molecule has 0 aliphatic heterocycles. The Bertz CT molecular complexity index is 567. The molecule has 0 aromatic heterocycles. The van der Waals surface area contributed by atoms with Gasteiger partial charge in [0.1, 0.15) is 0 Å². The normalized spacial score (nSPS) is 13.2. The molecule has 1 unspecified atom stereocenters. The van der Waals surface area contributed by atoms with Crippen LogP contribution in [0.1, 0.15) is 25.3 Å². The van der Waals surface area contributed by atoms with Crippen molar-refractivity contribution in [2.24, 2.45) is 0 Å². The SMILES string of the molecule is CCCC(O)Cc1ccc(S(C)(=O)=O)cc1[N+](=O)[O-]. The summed E-state index contributed by atoms with van der Waals surface area (Å²) in [5.41, 5.74) is 0.0800. The Morgan fingerprint density at radius 3 is 2.53 bits per heavy atom. The molecule has 0 saturated heterocycles. The molecular formula is C12H17NO5S. The van der Waals surface area contributed by atoms with Crippen molar-refractivity contribution in [3.63, 3.8) is 0 Å². The monoisotopic (exact) mass is 287 g/mol. The lowest BCUT2D eigenvalue weighted by atomic mass is 10.0. The molecular weight excluding hydrogens is 270 g/mol. The van der Waals surface area contributed by atoms with Crippen molar-refractivity contribution >= 4 is 15.5 Å². The second-order valence-corrected chi connectivity index (χ2v) is 6.48. The summed E-state index contributed by atoms with van der Waals surface area (Å²) in [5, 5.41) is 20.7. The molecule has 0 aliphatic rings. The predicted molar refractivity (Wildman–Crippen MR) is 70.8 cm³/mol. The Kier molecular flexibility index (Phi) is 5.02. The van der Waals surface area contributed by atoms with Gasteiger partial charge in [0.25, 0.3) is 5.69 Å². The molecule has 0 saturated carbocycles. The van der Waals surface area contributed by atoms with Crippen LogP contribution in [-0.2, 0) is 16.3 Å². The molecule has 0 aliphatic carbocycles.